The van der Waals surface area contributed by atoms with Gasteiger partial charge in [0.2, 0.25) is 0 Å². The first kappa shape index (κ1) is 13.1. The lowest BCUT2D eigenvalue weighted by molar-refractivity contribution is 0.0688. The van der Waals surface area contributed by atoms with E-state index in [4.69, 9.17) is 0 Å². The van der Waals surface area contributed by atoms with Gasteiger partial charge in [-0.2, -0.15) is 0 Å². The number of fused-ring (bicyclic) bond motifs is 1. The molecule has 6 nitrogen and oxygen atoms in total. The summed E-state index contributed by atoms with van der Waals surface area (Å²) in [7, 11) is 0. The van der Waals surface area contributed by atoms with E-state index in [0.29, 0.717) is 5.65 Å². The Morgan fingerprint density at radius 2 is 2.00 bits per heavy atom. The fraction of sp³-hybridized carbons (Fsp3) is 0.500. The van der Waals surface area contributed by atoms with Gasteiger partial charge in [-0.05, 0) is 38.1 Å². The largest absolute Gasteiger partial charge is 0.477 e. The number of aromatic carboxylic acids is 1. The first-order chi connectivity index (χ1) is 9.75. The maximum absolute atomic E-state index is 11.3. The van der Waals surface area contributed by atoms with Crippen LogP contribution in [0.4, 0.5) is 0 Å². The molecule has 3 heterocycles. The molecule has 0 spiro atoms. The van der Waals surface area contributed by atoms with Crippen LogP contribution >= 0.6 is 0 Å². The first-order valence-corrected chi connectivity index (χ1v) is 7.04. The van der Waals surface area contributed by atoms with E-state index in [9.17, 15) is 9.90 Å². The number of rotatable bonds is 4. The Balaban J connectivity index is 1.82. The van der Waals surface area contributed by atoms with Crippen molar-refractivity contribution in [3.63, 3.8) is 0 Å². The van der Waals surface area contributed by atoms with Crippen molar-refractivity contribution in [3.8, 4) is 0 Å². The van der Waals surface area contributed by atoms with Crippen molar-refractivity contribution in [2.24, 2.45) is 0 Å². The topological polar surface area (TPSA) is 70.7 Å². The summed E-state index contributed by atoms with van der Waals surface area (Å²) in [6, 6.07) is 5.06. The summed E-state index contributed by atoms with van der Waals surface area (Å²) >= 11 is 0. The van der Waals surface area contributed by atoms with E-state index in [-0.39, 0.29) is 5.69 Å². The molecule has 0 unspecified atom stereocenters. The average molecular weight is 274 g/mol. The molecule has 1 fully saturated rings. The molecule has 2 aromatic rings. The number of likely N-dealkylation sites (tertiary alicyclic amines) is 1. The summed E-state index contributed by atoms with van der Waals surface area (Å²) in [6.07, 6.45) is 4.54. The molecule has 20 heavy (non-hydrogen) atoms. The predicted molar refractivity (Wildman–Crippen MR) is 73.9 cm³/mol. The lowest BCUT2D eigenvalue weighted by atomic mass is 10.1. The van der Waals surface area contributed by atoms with Crippen LogP contribution in [-0.4, -0.2) is 50.2 Å². The third-order valence-corrected chi connectivity index (χ3v) is 3.81. The number of piperidine rings is 1. The van der Waals surface area contributed by atoms with Gasteiger partial charge in [-0.1, -0.05) is 12.5 Å². The third kappa shape index (κ3) is 2.51. The first-order valence-electron chi connectivity index (χ1n) is 7.04. The van der Waals surface area contributed by atoms with Crippen LogP contribution in [0.15, 0.2) is 18.2 Å². The number of aromatic nitrogens is 3. The normalized spacial score (nSPS) is 16.6. The van der Waals surface area contributed by atoms with E-state index in [1.165, 1.54) is 19.3 Å². The van der Waals surface area contributed by atoms with Gasteiger partial charge in [0.1, 0.15) is 11.5 Å². The van der Waals surface area contributed by atoms with Crippen molar-refractivity contribution >= 4 is 11.6 Å². The van der Waals surface area contributed by atoms with Crippen LogP contribution in [0.5, 0.6) is 0 Å². The molecule has 106 valence electrons. The molecule has 1 saturated heterocycles. The Labute approximate surface area is 117 Å². The highest BCUT2D eigenvalue weighted by Crippen LogP contribution is 2.12. The summed E-state index contributed by atoms with van der Waals surface area (Å²) < 4.78 is 1.65. The maximum Gasteiger partial charge on any atom is 0.352 e. The van der Waals surface area contributed by atoms with Gasteiger partial charge in [0.25, 0.3) is 0 Å². The molecule has 3 rings (SSSR count). The molecule has 0 atom stereocenters. The smallest absolute Gasteiger partial charge is 0.352 e. The standard InChI is InChI=1S/C14H18N4O2/c19-14(20)11-5-4-6-12-15-16-13(18(11)12)7-10-17-8-2-1-3-9-17/h4-6H,1-3,7-10H2,(H,19,20). The Hall–Kier alpha value is -1.95. The van der Waals surface area contributed by atoms with Gasteiger partial charge in [0.15, 0.2) is 5.65 Å². The van der Waals surface area contributed by atoms with E-state index in [2.05, 4.69) is 15.1 Å². The van der Waals surface area contributed by atoms with E-state index in [0.717, 1.165) is 31.9 Å². The van der Waals surface area contributed by atoms with Gasteiger partial charge in [-0.3, -0.25) is 4.40 Å². The Kier molecular flexibility index (Phi) is 3.64. The van der Waals surface area contributed by atoms with Crippen molar-refractivity contribution in [2.75, 3.05) is 19.6 Å². The number of nitrogens with zero attached hydrogens (tertiary/aromatic N) is 4. The predicted octanol–water partition coefficient (Wildman–Crippen LogP) is 1.46. The minimum Gasteiger partial charge on any atom is -0.477 e. The van der Waals surface area contributed by atoms with Crippen LogP contribution < -0.4 is 0 Å². The summed E-state index contributed by atoms with van der Waals surface area (Å²) in [5, 5.41) is 17.5. The number of hydrogen-bond donors (Lipinski definition) is 1. The quantitative estimate of drug-likeness (QED) is 0.914. The van der Waals surface area contributed by atoms with Crippen LogP contribution in [0.2, 0.25) is 0 Å². The zero-order chi connectivity index (χ0) is 13.9. The molecule has 0 bridgehead atoms. The van der Waals surface area contributed by atoms with Crippen LogP contribution in [0.25, 0.3) is 5.65 Å². The zero-order valence-corrected chi connectivity index (χ0v) is 11.3. The van der Waals surface area contributed by atoms with Gasteiger partial charge in [-0.25, -0.2) is 4.79 Å². The Morgan fingerprint density at radius 3 is 2.75 bits per heavy atom. The highest BCUT2D eigenvalue weighted by atomic mass is 16.4. The Bertz CT molecular complexity index is 617. The molecule has 1 aliphatic rings. The minimum atomic E-state index is -0.949. The second kappa shape index (κ2) is 5.58. The molecule has 0 saturated carbocycles. The number of carboxylic acids is 1. The van der Waals surface area contributed by atoms with Crippen LogP contribution in [-0.2, 0) is 6.42 Å². The number of carbonyl (C=O) groups is 1. The summed E-state index contributed by atoms with van der Waals surface area (Å²) in [5.74, 6) is -0.224. The average Bonchev–Trinajstić information content (AvgIpc) is 2.89. The molecule has 2 aromatic heterocycles. The van der Waals surface area contributed by atoms with Gasteiger partial charge < -0.3 is 10.0 Å². The molecule has 6 heteroatoms. The molecule has 1 aliphatic heterocycles. The molecule has 0 radical (unpaired) electrons. The van der Waals surface area contributed by atoms with E-state index in [1.807, 2.05) is 0 Å². The zero-order valence-electron chi connectivity index (χ0n) is 11.3. The SMILES string of the molecule is O=C(O)c1cccc2nnc(CCN3CCCCC3)n12. The molecule has 0 amide bonds. The second-order valence-corrected chi connectivity index (χ2v) is 5.18. The van der Waals surface area contributed by atoms with Crippen LogP contribution in [0.3, 0.4) is 0 Å². The van der Waals surface area contributed by atoms with E-state index < -0.39 is 5.97 Å². The lowest BCUT2D eigenvalue weighted by Crippen LogP contribution is -2.31. The highest BCUT2D eigenvalue weighted by Gasteiger charge is 2.15. The van der Waals surface area contributed by atoms with Crippen molar-refractivity contribution in [2.45, 2.75) is 25.7 Å². The summed E-state index contributed by atoms with van der Waals surface area (Å²) in [5.41, 5.74) is 0.819. The maximum atomic E-state index is 11.3. The van der Waals surface area contributed by atoms with Crippen LogP contribution in [0.1, 0.15) is 35.6 Å². The van der Waals surface area contributed by atoms with Crippen molar-refractivity contribution in [1.29, 1.82) is 0 Å². The van der Waals surface area contributed by atoms with Gasteiger partial charge in [-0.15, -0.1) is 10.2 Å². The van der Waals surface area contributed by atoms with Gasteiger partial charge in [0.05, 0.1) is 0 Å². The fourth-order valence-corrected chi connectivity index (χ4v) is 2.77. The van der Waals surface area contributed by atoms with Crippen molar-refractivity contribution in [3.05, 3.63) is 29.7 Å². The number of carboxylic acid groups (broad SMARTS) is 1. The summed E-state index contributed by atoms with van der Waals surface area (Å²) in [6.45, 7) is 3.17. The van der Waals surface area contributed by atoms with E-state index in [1.54, 1.807) is 22.6 Å². The van der Waals surface area contributed by atoms with Crippen molar-refractivity contribution in [1.82, 2.24) is 19.5 Å². The van der Waals surface area contributed by atoms with Crippen LogP contribution in [0, 0.1) is 0 Å². The molecular weight excluding hydrogens is 256 g/mol. The second-order valence-electron chi connectivity index (χ2n) is 5.18. The summed E-state index contributed by atoms with van der Waals surface area (Å²) in [4.78, 5) is 13.7. The minimum absolute atomic E-state index is 0.223. The monoisotopic (exact) mass is 274 g/mol. The molecule has 0 aliphatic carbocycles. The van der Waals surface area contributed by atoms with Crippen molar-refractivity contribution < 1.29 is 9.90 Å². The highest BCUT2D eigenvalue weighted by molar-refractivity contribution is 5.86. The third-order valence-electron chi connectivity index (χ3n) is 3.81. The molecular formula is C14H18N4O2. The fourth-order valence-electron chi connectivity index (χ4n) is 2.77. The van der Waals surface area contributed by atoms with Gasteiger partial charge in [0, 0.05) is 13.0 Å². The molecule has 0 aromatic carbocycles. The number of pyridine rings is 1. The Morgan fingerprint density at radius 1 is 1.20 bits per heavy atom. The molecule has 1 N–H and O–H groups in total. The number of hydrogen-bond acceptors (Lipinski definition) is 4. The lowest BCUT2D eigenvalue weighted by Gasteiger charge is -2.25. The van der Waals surface area contributed by atoms with E-state index >= 15 is 0 Å². The van der Waals surface area contributed by atoms with Gasteiger partial charge >= 0.3 is 5.97 Å².